The van der Waals surface area contributed by atoms with Gasteiger partial charge in [0.1, 0.15) is 0 Å². The molecule has 0 bridgehead atoms. The minimum Gasteiger partial charge on any atom is -0.393 e. The molecule has 1 aromatic rings. The van der Waals surface area contributed by atoms with Crippen molar-refractivity contribution in [2.45, 2.75) is 38.8 Å². The van der Waals surface area contributed by atoms with E-state index in [2.05, 4.69) is 23.3 Å². The fraction of sp³-hybridized carbons (Fsp3) is 0.667. The van der Waals surface area contributed by atoms with Crippen LogP contribution in [0, 0.1) is 0 Å². The molecule has 1 aromatic heterocycles. The lowest BCUT2D eigenvalue weighted by atomic mass is 10.1. The van der Waals surface area contributed by atoms with Crippen molar-refractivity contribution in [2.75, 3.05) is 13.1 Å². The summed E-state index contributed by atoms with van der Waals surface area (Å²) in [5, 5.41) is 11.7. The number of hydrogen-bond acceptors (Lipinski definition) is 3. The summed E-state index contributed by atoms with van der Waals surface area (Å²) < 4.78 is 0. The predicted octanol–water partition coefficient (Wildman–Crippen LogP) is 2.27. The minimum absolute atomic E-state index is 0.0595. The minimum atomic E-state index is -0.0595. The first-order chi connectivity index (χ1) is 7.28. The van der Waals surface area contributed by atoms with Crippen LogP contribution in [0.4, 0.5) is 0 Å². The van der Waals surface area contributed by atoms with Gasteiger partial charge in [-0.2, -0.15) is 0 Å². The Labute approximate surface area is 95.5 Å². The van der Waals surface area contributed by atoms with Gasteiger partial charge in [-0.3, -0.25) is 4.90 Å². The first kappa shape index (κ1) is 11.1. The number of aliphatic hydroxyl groups excluding tert-OH is 1. The van der Waals surface area contributed by atoms with Gasteiger partial charge in [-0.05, 0) is 36.3 Å². The highest BCUT2D eigenvalue weighted by atomic mass is 32.1. The zero-order valence-electron chi connectivity index (χ0n) is 9.28. The lowest BCUT2D eigenvalue weighted by Gasteiger charge is -2.28. The van der Waals surface area contributed by atoms with E-state index in [1.54, 1.807) is 0 Å². The molecule has 0 radical (unpaired) electrons. The molecule has 1 saturated heterocycles. The predicted molar refractivity (Wildman–Crippen MR) is 64.2 cm³/mol. The lowest BCUT2D eigenvalue weighted by Crippen LogP contribution is -2.35. The standard InChI is InChI=1S/C12H19NOS/c1-2-10-7-12(15-9-10)8-13-5-3-11(14)4-6-13/h7,9,11,14H,2-6,8H2,1H3. The molecule has 84 valence electrons. The molecule has 1 fully saturated rings. The molecule has 0 spiro atoms. The summed E-state index contributed by atoms with van der Waals surface area (Å²) in [5.41, 5.74) is 1.45. The van der Waals surface area contributed by atoms with Crippen molar-refractivity contribution < 1.29 is 5.11 Å². The average Bonchev–Trinajstić information content (AvgIpc) is 2.69. The zero-order valence-corrected chi connectivity index (χ0v) is 10.1. The monoisotopic (exact) mass is 225 g/mol. The van der Waals surface area contributed by atoms with Crippen LogP contribution in [-0.2, 0) is 13.0 Å². The molecular weight excluding hydrogens is 206 g/mol. The van der Waals surface area contributed by atoms with Gasteiger partial charge < -0.3 is 5.11 Å². The fourth-order valence-corrected chi connectivity index (χ4v) is 3.01. The second-order valence-electron chi connectivity index (χ2n) is 4.28. The third-order valence-corrected chi connectivity index (χ3v) is 4.02. The molecule has 3 heteroatoms. The molecular formula is C12H19NOS. The number of piperidine rings is 1. The third kappa shape index (κ3) is 3.03. The largest absolute Gasteiger partial charge is 0.393 e. The topological polar surface area (TPSA) is 23.5 Å². The fourth-order valence-electron chi connectivity index (χ4n) is 1.99. The van der Waals surface area contributed by atoms with Crippen LogP contribution in [0.3, 0.4) is 0 Å². The second kappa shape index (κ2) is 5.10. The third-order valence-electron chi connectivity index (χ3n) is 3.05. The number of nitrogens with zero attached hydrogens (tertiary/aromatic N) is 1. The quantitative estimate of drug-likeness (QED) is 0.853. The highest BCUT2D eigenvalue weighted by molar-refractivity contribution is 7.10. The summed E-state index contributed by atoms with van der Waals surface area (Å²) in [7, 11) is 0. The maximum Gasteiger partial charge on any atom is 0.0564 e. The highest BCUT2D eigenvalue weighted by Gasteiger charge is 2.17. The number of hydrogen-bond donors (Lipinski definition) is 1. The summed E-state index contributed by atoms with van der Waals surface area (Å²) in [6.45, 7) is 5.35. The van der Waals surface area contributed by atoms with Crippen molar-refractivity contribution in [3.63, 3.8) is 0 Å². The normalized spacial score (nSPS) is 19.6. The number of likely N-dealkylation sites (tertiary alicyclic amines) is 1. The van der Waals surface area contributed by atoms with Crippen LogP contribution < -0.4 is 0 Å². The van der Waals surface area contributed by atoms with E-state index in [-0.39, 0.29) is 6.10 Å². The summed E-state index contributed by atoms with van der Waals surface area (Å²) in [4.78, 5) is 3.90. The second-order valence-corrected chi connectivity index (χ2v) is 5.28. The van der Waals surface area contributed by atoms with Gasteiger partial charge >= 0.3 is 0 Å². The number of rotatable bonds is 3. The van der Waals surface area contributed by atoms with Gasteiger partial charge in [-0.15, -0.1) is 11.3 Å². The first-order valence-electron chi connectivity index (χ1n) is 5.74. The molecule has 0 atom stereocenters. The molecule has 2 rings (SSSR count). The van der Waals surface area contributed by atoms with Gasteiger partial charge in [-0.1, -0.05) is 6.92 Å². The van der Waals surface area contributed by atoms with Crippen molar-refractivity contribution in [3.8, 4) is 0 Å². The van der Waals surface area contributed by atoms with Crippen LogP contribution >= 0.6 is 11.3 Å². The van der Waals surface area contributed by atoms with Crippen LogP contribution in [0.1, 0.15) is 30.2 Å². The van der Waals surface area contributed by atoms with E-state index in [0.717, 1.165) is 38.9 Å². The maximum atomic E-state index is 9.41. The van der Waals surface area contributed by atoms with Crippen LogP contribution in [0.15, 0.2) is 11.4 Å². The number of aryl methyl sites for hydroxylation is 1. The molecule has 0 unspecified atom stereocenters. The van der Waals surface area contributed by atoms with Crippen molar-refractivity contribution in [2.24, 2.45) is 0 Å². The Kier molecular flexibility index (Phi) is 3.78. The molecule has 2 nitrogen and oxygen atoms in total. The average molecular weight is 225 g/mol. The summed E-state index contributed by atoms with van der Waals surface area (Å²) in [6, 6.07) is 2.32. The van der Waals surface area contributed by atoms with Gasteiger partial charge in [0.05, 0.1) is 6.10 Å². The van der Waals surface area contributed by atoms with Crippen molar-refractivity contribution in [1.29, 1.82) is 0 Å². The van der Waals surface area contributed by atoms with Gasteiger partial charge in [0.2, 0.25) is 0 Å². The van der Waals surface area contributed by atoms with Gasteiger partial charge in [0.15, 0.2) is 0 Å². The molecule has 2 heterocycles. The molecule has 1 aliphatic rings. The molecule has 0 aliphatic carbocycles. The Morgan fingerprint density at radius 3 is 2.80 bits per heavy atom. The van der Waals surface area contributed by atoms with Crippen molar-refractivity contribution in [3.05, 3.63) is 21.9 Å². The molecule has 0 aromatic carbocycles. The maximum absolute atomic E-state index is 9.41. The van der Waals surface area contributed by atoms with Gasteiger partial charge in [-0.25, -0.2) is 0 Å². The summed E-state index contributed by atoms with van der Waals surface area (Å²) >= 11 is 1.86. The molecule has 0 saturated carbocycles. The van der Waals surface area contributed by atoms with Crippen LogP contribution in [0.2, 0.25) is 0 Å². The summed E-state index contributed by atoms with van der Waals surface area (Å²) in [6.07, 6.45) is 2.95. The van der Waals surface area contributed by atoms with Crippen LogP contribution in [0.5, 0.6) is 0 Å². The Balaban J connectivity index is 1.86. The van der Waals surface area contributed by atoms with E-state index in [1.165, 1.54) is 10.4 Å². The lowest BCUT2D eigenvalue weighted by molar-refractivity contribution is 0.0797. The Hall–Kier alpha value is -0.380. The van der Waals surface area contributed by atoms with Gasteiger partial charge in [0, 0.05) is 24.5 Å². The van der Waals surface area contributed by atoms with E-state index in [0.29, 0.717) is 0 Å². The van der Waals surface area contributed by atoms with E-state index in [1.807, 2.05) is 11.3 Å². The Bertz CT molecular complexity index is 302. The van der Waals surface area contributed by atoms with Crippen molar-refractivity contribution in [1.82, 2.24) is 4.90 Å². The first-order valence-corrected chi connectivity index (χ1v) is 6.62. The highest BCUT2D eigenvalue weighted by Crippen LogP contribution is 2.19. The van der Waals surface area contributed by atoms with E-state index >= 15 is 0 Å². The molecule has 1 N–H and O–H groups in total. The molecule has 15 heavy (non-hydrogen) atoms. The van der Waals surface area contributed by atoms with Gasteiger partial charge in [0.25, 0.3) is 0 Å². The molecule has 1 aliphatic heterocycles. The van der Waals surface area contributed by atoms with E-state index < -0.39 is 0 Å². The van der Waals surface area contributed by atoms with E-state index in [4.69, 9.17) is 0 Å². The van der Waals surface area contributed by atoms with Crippen LogP contribution in [0.25, 0.3) is 0 Å². The number of thiophene rings is 1. The van der Waals surface area contributed by atoms with Crippen LogP contribution in [-0.4, -0.2) is 29.2 Å². The van der Waals surface area contributed by atoms with E-state index in [9.17, 15) is 5.11 Å². The molecule has 0 amide bonds. The summed E-state index contributed by atoms with van der Waals surface area (Å²) in [5.74, 6) is 0. The smallest absolute Gasteiger partial charge is 0.0564 e. The number of aliphatic hydroxyl groups is 1. The van der Waals surface area contributed by atoms with Crippen molar-refractivity contribution >= 4 is 11.3 Å². The SMILES string of the molecule is CCc1csc(CN2CCC(O)CC2)c1. The zero-order chi connectivity index (χ0) is 10.7. The Morgan fingerprint density at radius 2 is 2.20 bits per heavy atom. The Morgan fingerprint density at radius 1 is 1.47 bits per heavy atom.